The number of unbranched alkanes of at least 4 members (excludes halogenated alkanes) is 3. The standard InChI is InChI=1S/C14H21N3O3/c1-11-8-12(10-15-9-11)17-14(20)16-7-5-3-2-4-6-13(18)19/h8-10H,2-7H2,1H3,(H,18,19)(H2,16,17,20). The first-order valence-corrected chi connectivity index (χ1v) is 6.76. The molecule has 20 heavy (non-hydrogen) atoms. The van der Waals surface area contributed by atoms with Gasteiger partial charge in [-0.05, 0) is 31.4 Å². The zero-order valence-electron chi connectivity index (χ0n) is 11.7. The molecule has 0 unspecified atom stereocenters. The Kier molecular flexibility index (Phi) is 7.10. The second kappa shape index (κ2) is 8.90. The molecule has 1 aromatic rings. The number of aryl methyl sites for hydroxylation is 1. The number of amides is 2. The molecule has 110 valence electrons. The third-order valence-electron chi connectivity index (χ3n) is 2.74. The smallest absolute Gasteiger partial charge is 0.319 e. The molecule has 0 atom stereocenters. The highest BCUT2D eigenvalue weighted by atomic mass is 16.4. The summed E-state index contributed by atoms with van der Waals surface area (Å²) in [6, 6.07) is 1.60. The lowest BCUT2D eigenvalue weighted by Crippen LogP contribution is -2.29. The van der Waals surface area contributed by atoms with Crippen LogP contribution in [0, 0.1) is 6.92 Å². The van der Waals surface area contributed by atoms with E-state index in [1.54, 1.807) is 12.4 Å². The number of hydrogen-bond donors (Lipinski definition) is 3. The molecule has 1 heterocycles. The van der Waals surface area contributed by atoms with Crippen molar-refractivity contribution in [3.8, 4) is 0 Å². The normalized spacial score (nSPS) is 10.1. The minimum Gasteiger partial charge on any atom is -0.481 e. The van der Waals surface area contributed by atoms with Crippen molar-refractivity contribution < 1.29 is 14.7 Å². The maximum atomic E-state index is 11.6. The lowest BCUT2D eigenvalue weighted by atomic mass is 10.1. The van der Waals surface area contributed by atoms with Crippen molar-refractivity contribution in [1.82, 2.24) is 10.3 Å². The van der Waals surface area contributed by atoms with Gasteiger partial charge in [0.25, 0.3) is 0 Å². The monoisotopic (exact) mass is 279 g/mol. The Morgan fingerprint density at radius 3 is 2.65 bits per heavy atom. The quantitative estimate of drug-likeness (QED) is 0.638. The minimum atomic E-state index is -0.755. The summed E-state index contributed by atoms with van der Waals surface area (Å²) in [5.74, 6) is -0.755. The fraction of sp³-hybridized carbons (Fsp3) is 0.500. The number of pyridine rings is 1. The third kappa shape index (κ3) is 7.35. The number of hydrogen-bond acceptors (Lipinski definition) is 3. The van der Waals surface area contributed by atoms with Gasteiger partial charge in [-0.1, -0.05) is 12.8 Å². The summed E-state index contributed by atoms with van der Waals surface area (Å²) in [7, 11) is 0. The van der Waals surface area contributed by atoms with Gasteiger partial charge in [0.2, 0.25) is 0 Å². The average molecular weight is 279 g/mol. The predicted molar refractivity (Wildman–Crippen MR) is 76.7 cm³/mol. The number of aromatic nitrogens is 1. The van der Waals surface area contributed by atoms with Crippen molar-refractivity contribution in [2.45, 2.75) is 39.0 Å². The van der Waals surface area contributed by atoms with Crippen molar-refractivity contribution in [2.24, 2.45) is 0 Å². The summed E-state index contributed by atoms with van der Waals surface area (Å²) in [6.07, 6.45) is 6.86. The van der Waals surface area contributed by atoms with Gasteiger partial charge in [-0.15, -0.1) is 0 Å². The molecule has 0 saturated heterocycles. The van der Waals surface area contributed by atoms with Crippen molar-refractivity contribution in [3.63, 3.8) is 0 Å². The van der Waals surface area contributed by atoms with Gasteiger partial charge in [-0.2, -0.15) is 0 Å². The second-order valence-corrected chi connectivity index (χ2v) is 4.69. The fourth-order valence-electron chi connectivity index (χ4n) is 1.76. The summed E-state index contributed by atoms with van der Waals surface area (Å²) < 4.78 is 0. The van der Waals surface area contributed by atoms with Gasteiger partial charge < -0.3 is 15.7 Å². The number of nitrogens with zero attached hydrogens (tertiary/aromatic N) is 1. The number of carbonyl (C=O) groups is 2. The lowest BCUT2D eigenvalue weighted by Gasteiger charge is -2.07. The van der Waals surface area contributed by atoms with Gasteiger partial charge in [0.05, 0.1) is 11.9 Å². The van der Waals surface area contributed by atoms with Crippen LogP contribution in [0.15, 0.2) is 18.5 Å². The van der Waals surface area contributed by atoms with E-state index in [0.717, 1.165) is 24.8 Å². The molecule has 1 aromatic heterocycles. The Morgan fingerprint density at radius 2 is 1.95 bits per heavy atom. The number of carboxylic acid groups (broad SMARTS) is 1. The molecular formula is C14H21N3O3. The van der Waals surface area contributed by atoms with Crippen LogP contribution in [0.1, 0.15) is 37.7 Å². The summed E-state index contributed by atoms with van der Waals surface area (Å²) in [5, 5.41) is 13.9. The van der Waals surface area contributed by atoms with Crippen LogP contribution in [0.4, 0.5) is 10.5 Å². The van der Waals surface area contributed by atoms with E-state index in [-0.39, 0.29) is 12.5 Å². The maximum Gasteiger partial charge on any atom is 0.319 e. The van der Waals surface area contributed by atoms with Crippen LogP contribution in [0.5, 0.6) is 0 Å². The van der Waals surface area contributed by atoms with Crippen LogP contribution in [0.2, 0.25) is 0 Å². The van der Waals surface area contributed by atoms with E-state index in [2.05, 4.69) is 15.6 Å². The summed E-state index contributed by atoms with van der Waals surface area (Å²) in [4.78, 5) is 25.9. The number of urea groups is 1. The van der Waals surface area contributed by atoms with Gasteiger partial charge in [-0.25, -0.2) is 4.79 Å². The van der Waals surface area contributed by atoms with Crippen LogP contribution < -0.4 is 10.6 Å². The number of carboxylic acids is 1. The molecule has 0 radical (unpaired) electrons. The topological polar surface area (TPSA) is 91.3 Å². The third-order valence-corrected chi connectivity index (χ3v) is 2.74. The second-order valence-electron chi connectivity index (χ2n) is 4.69. The van der Waals surface area contributed by atoms with E-state index >= 15 is 0 Å². The lowest BCUT2D eigenvalue weighted by molar-refractivity contribution is -0.137. The fourth-order valence-corrected chi connectivity index (χ4v) is 1.76. The van der Waals surface area contributed by atoms with E-state index in [9.17, 15) is 9.59 Å². The van der Waals surface area contributed by atoms with Crippen LogP contribution in [-0.2, 0) is 4.79 Å². The molecule has 0 saturated carbocycles. The number of rotatable bonds is 8. The Morgan fingerprint density at radius 1 is 1.20 bits per heavy atom. The molecule has 0 aliphatic carbocycles. The number of carbonyl (C=O) groups excluding carboxylic acids is 1. The molecule has 3 N–H and O–H groups in total. The summed E-state index contributed by atoms with van der Waals surface area (Å²) in [5.41, 5.74) is 1.66. The molecule has 6 heteroatoms. The molecule has 1 rings (SSSR count). The minimum absolute atomic E-state index is 0.217. The van der Waals surface area contributed by atoms with Gasteiger partial charge in [0, 0.05) is 19.2 Å². The van der Waals surface area contributed by atoms with E-state index in [1.165, 1.54) is 0 Å². The zero-order chi connectivity index (χ0) is 14.8. The first-order valence-electron chi connectivity index (χ1n) is 6.76. The van der Waals surface area contributed by atoms with Crippen LogP contribution >= 0.6 is 0 Å². The molecule has 6 nitrogen and oxygen atoms in total. The number of aliphatic carboxylic acids is 1. The molecule has 0 fully saturated rings. The first kappa shape index (κ1) is 15.9. The SMILES string of the molecule is Cc1cncc(NC(=O)NCCCCCCC(=O)O)c1. The van der Waals surface area contributed by atoms with E-state index in [0.29, 0.717) is 18.7 Å². The average Bonchev–Trinajstić information content (AvgIpc) is 2.37. The zero-order valence-corrected chi connectivity index (χ0v) is 11.7. The summed E-state index contributed by atoms with van der Waals surface area (Å²) >= 11 is 0. The van der Waals surface area contributed by atoms with Crippen LogP contribution in [0.3, 0.4) is 0 Å². The highest BCUT2D eigenvalue weighted by Crippen LogP contribution is 2.06. The van der Waals surface area contributed by atoms with Crippen LogP contribution in [-0.4, -0.2) is 28.6 Å². The summed E-state index contributed by atoms with van der Waals surface area (Å²) in [6.45, 7) is 2.49. The van der Waals surface area contributed by atoms with Crippen molar-refractivity contribution in [1.29, 1.82) is 0 Å². The van der Waals surface area contributed by atoms with Crippen molar-refractivity contribution in [3.05, 3.63) is 24.0 Å². The van der Waals surface area contributed by atoms with Crippen LogP contribution in [0.25, 0.3) is 0 Å². The van der Waals surface area contributed by atoms with E-state index < -0.39 is 5.97 Å². The van der Waals surface area contributed by atoms with E-state index in [1.807, 2.05) is 13.0 Å². The Balaban J connectivity index is 2.07. The Labute approximate surface area is 118 Å². The van der Waals surface area contributed by atoms with E-state index in [4.69, 9.17) is 5.11 Å². The Bertz CT molecular complexity index is 449. The van der Waals surface area contributed by atoms with Gasteiger partial charge in [0.1, 0.15) is 0 Å². The highest BCUT2D eigenvalue weighted by molar-refractivity contribution is 5.89. The molecule has 0 aromatic carbocycles. The Hall–Kier alpha value is -2.11. The molecule has 2 amide bonds. The molecular weight excluding hydrogens is 258 g/mol. The molecule has 0 spiro atoms. The van der Waals surface area contributed by atoms with Crippen molar-refractivity contribution >= 4 is 17.7 Å². The van der Waals surface area contributed by atoms with Crippen molar-refractivity contribution in [2.75, 3.05) is 11.9 Å². The number of anilines is 1. The highest BCUT2D eigenvalue weighted by Gasteiger charge is 2.01. The molecule has 0 aliphatic rings. The number of nitrogens with one attached hydrogen (secondary N) is 2. The largest absolute Gasteiger partial charge is 0.481 e. The van der Waals surface area contributed by atoms with Gasteiger partial charge in [0.15, 0.2) is 0 Å². The maximum absolute atomic E-state index is 11.6. The van der Waals surface area contributed by atoms with Gasteiger partial charge in [-0.3, -0.25) is 9.78 Å². The molecule has 0 bridgehead atoms. The first-order chi connectivity index (χ1) is 9.58. The van der Waals surface area contributed by atoms with Gasteiger partial charge >= 0.3 is 12.0 Å². The predicted octanol–water partition coefficient (Wildman–Crippen LogP) is 2.55. The molecule has 0 aliphatic heterocycles.